The Hall–Kier alpha value is -4.76. The highest BCUT2D eigenvalue weighted by Gasteiger charge is 2.73. The largest absolute Gasteiger partial charge is 0.508 e. The van der Waals surface area contributed by atoms with Gasteiger partial charge in [-0.2, -0.15) is 0 Å². The van der Waals surface area contributed by atoms with E-state index in [-0.39, 0.29) is 52.3 Å². The fraction of sp³-hybridized carbons (Fsp3) is 0.500. The number of carbonyl (C=O) groups is 2. The van der Waals surface area contributed by atoms with Crippen LogP contribution in [0.3, 0.4) is 0 Å². The van der Waals surface area contributed by atoms with Crippen molar-refractivity contribution in [1.82, 2.24) is 16.0 Å². The quantitative estimate of drug-likeness (QED) is 0.158. The van der Waals surface area contributed by atoms with Crippen molar-refractivity contribution in [3.63, 3.8) is 0 Å². The number of carbonyl (C=O) groups excluding carboxylic acids is 2. The number of hydrogen-bond acceptors (Lipinski definition) is 8. The Morgan fingerprint density at radius 3 is 2.50 bits per heavy atom. The second-order valence-corrected chi connectivity index (χ2v) is 20.7. The van der Waals surface area contributed by atoms with Gasteiger partial charge in [-0.1, -0.05) is 74.4 Å². The number of cyclic esters (lactones) is 2. The van der Waals surface area contributed by atoms with Crippen LogP contribution >= 0.6 is 0 Å². The molecule has 12 rings (SSSR count). The predicted octanol–water partition coefficient (Wildman–Crippen LogP) is 10.6. The van der Waals surface area contributed by atoms with E-state index >= 15 is 9.59 Å². The number of nitrogens with one attached hydrogen (secondary N) is 3. The maximum Gasteiger partial charge on any atom is 0.340 e. The lowest BCUT2D eigenvalue weighted by Gasteiger charge is -2.63. The molecule has 0 unspecified atom stereocenters. The van der Waals surface area contributed by atoms with Gasteiger partial charge in [0.2, 0.25) is 0 Å². The van der Waals surface area contributed by atoms with E-state index in [0.29, 0.717) is 24.1 Å². The lowest BCUT2D eigenvalue weighted by molar-refractivity contribution is -0.136. The van der Waals surface area contributed by atoms with Gasteiger partial charge in [0, 0.05) is 23.1 Å². The number of ether oxygens (including phenoxy) is 2. The normalized spacial score (nSPS) is 33.0. The third-order valence-corrected chi connectivity index (χ3v) is 18.0. The molecule has 0 aromatic heterocycles. The summed E-state index contributed by atoms with van der Waals surface area (Å²) in [7, 11) is 4.11. The molecule has 2 spiro atoms. The fourth-order valence-electron chi connectivity index (χ4n) is 15.0. The standard InChI is InChI=1S/C56H65N3O5/c1-4-34(29-35-11-6-5-7-12-35)30-46-56-27-18-43-48(50(56)53(62)64-46)42-33-39(60)15-16-40(42)36-13-10-14-37(31-36)44(57-2)19-26-55(43)25-17-41-45(63-52(61)49(41)51(55)56)20-24-54(22-8-9-23-54)38-21-28-59-47(32-38)58-3/h5-7,10-16,20,30-31,33-34,38,43-44,47,51,57-60H,4,8-9,17-19,21-29,32H2,1-3H3/b45-20?,46-30-/t34-,38+,43-,44-,47+,51-,55+,56-/m0/s1. The summed E-state index contributed by atoms with van der Waals surface area (Å²) >= 11 is 0. The summed E-state index contributed by atoms with van der Waals surface area (Å²) in [5.41, 5.74) is 7.97. The Bertz CT molecular complexity index is 2490. The van der Waals surface area contributed by atoms with Crippen molar-refractivity contribution in [2.75, 3.05) is 20.6 Å². The molecule has 4 fully saturated rings. The molecule has 8 heteroatoms. The van der Waals surface area contributed by atoms with Crippen LogP contribution < -0.4 is 16.0 Å². The smallest absolute Gasteiger partial charge is 0.340 e. The number of rotatable bonds is 9. The van der Waals surface area contributed by atoms with E-state index in [1.165, 1.54) is 43.2 Å². The molecule has 3 aromatic rings. The monoisotopic (exact) mass is 859 g/mol. The molecule has 4 N–H and O–H groups in total. The molecular formula is C56H65N3O5. The summed E-state index contributed by atoms with van der Waals surface area (Å²) in [5.74, 6) is 1.53. The van der Waals surface area contributed by atoms with Gasteiger partial charge in [-0.15, -0.1) is 0 Å². The maximum atomic E-state index is 15.2. The van der Waals surface area contributed by atoms with E-state index in [1.807, 2.05) is 12.1 Å². The van der Waals surface area contributed by atoms with E-state index in [0.717, 1.165) is 109 Å². The van der Waals surface area contributed by atoms with Crippen LogP contribution in [-0.4, -0.2) is 43.9 Å². The third-order valence-electron chi connectivity index (χ3n) is 18.0. The van der Waals surface area contributed by atoms with Gasteiger partial charge in [0.05, 0.1) is 17.2 Å². The Labute approximate surface area is 379 Å². The van der Waals surface area contributed by atoms with Crippen LogP contribution in [0.1, 0.15) is 120 Å². The highest BCUT2D eigenvalue weighted by atomic mass is 16.5. The van der Waals surface area contributed by atoms with Gasteiger partial charge >= 0.3 is 11.9 Å². The highest BCUT2D eigenvalue weighted by molar-refractivity contribution is 6.08. The SMILES string of the molecule is CC[C@H](/C=C1\OC(=O)C2=C3c4cc(O)ccc4-c4cccc(c4)[C@@H](NC)CC[C@@]45CCC6=C(C(=O)OC6=CCC6([C@@H]7CCN[C@@H](NC)C7)CCCC6)[C@@H]4[C@]21CC[C@@H]35)Cc1ccccc1. The first-order valence-corrected chi connectivity index (χ1v) is 24.6. The van der Waals surface area contributed by atoms with Gasteiger partial charge < -0.3 is 30.5 Å². The topological polar surface area (TPSA) is 109 Å². The molecule has 6 bridgehead atoms. The van der Waals surface area contributed by atoms with Crippen molar-refractivity contribution in [3.8, 4) is 16.9 Å². The van der Waals surface area contributed by atoms with Crippen molar-refractivity contribution in [2.45, 2.75) is 115 Å². The Morgan fingerprint density at radius 2 is 1.70 bits per heavy atom. The lowest BCUT2D eigenvalue weighted by Crippen LogP contribution is -2.59. The van der Waals surface area contributed by atoms with Crippen LogP contribution in [-0.2, 0) is 25.5 Å². The Kier molecular flexibility index (Phi) is 10.7. The molecule has 8 atom stereocenters. The summed E-state index contributed by atoms with van der Waals surface area (Å²) in [4.78, 5) is 30.3. The number of benzene rings is 3. The van der Waals surface area contributed by atoms with Crippen LogP contribution in [0, 0.1) is 39.9 Å². The zero-order valence-corrected chi connectivity index (χ0v) is 37.9. The summed E-state index contributed by atoms with van der Waals surface area (Å²) in [6, 6.07) is 25.2. The summed E-state index contributed by atoms with van der Waals surface area (Å²) < 4.78 is 13.4. The van der Waals surface area contributed by atoms with Gasteiger partial charge in [-0.25, -0.2) is 9.59 Å². The van der Waals surface area contributed by atoms with E-state index in [1.54, 1.807) is 6.07 Å². The average molecular weight is 860 g/mol. The maximum absolute atomic E-state index is 15.2. The van der Waals surface area contributed by atoms with Crippen LogP contribution in [0.2, 0.25) is 0 Å². The van der Waals surface area contributed by atoms with Crippen molar-refractivity contribution >= 4 is 17.5 Å². The molecule has 0 radical (unpaired) electrons. The van der Waals surface area contributed by atoms with Gasteiger partial charge in [-0.05, 0) is 196 Å². The second-order valence-electron chi connectivity index (χ2n) is 20.7. The molecule has 6 aliphatic carbocycles. The van der Waals surface area contributed by atoms with Crippen LogP contribution in [0.15, 0.2) is 113 Å². The van der Waals surface area contributed by atoms with Gasteiger partial charge in [0.15, 0.2) is 0 Å². The molecular weight excluding hydrogens is 795 g/mol. The summed E-state index contributed by atoms with van der Waals surface area (Å²) in [6.07, 6.45) is 19.7. The molecule has 3 aromatic carbocycles. The molecule has 2 saturated carbocycles. The van der Waals surface area contributed by atoms with E-state index in [9.17, 15) is 5.11 Å². The minimum absolute atomic E-state index is 0.0289. The van der Waals surface area contributed by atoms with Crippen molar-refractivity contribution < 1.29 is 24.2 Å². The first-order chi connectivity index (χ1) is 31.2. The van der Waals surface area contributed by atoms with Crippen LogP contribution in [0.5, 0.6) is 5.75 Å². The second kappa shape index (κ2) is 16.3. The fourth-order valence-corrected chi connectivity index (χ4v) is 15.0. The Morgan fingerprint density at radius 1 is 0.859 bits per heavy atom. The van der Waals surface area contributed by atoms with E-state index in [2.05, 4.69) is 104 Å². The molecule has 9 aliphatic rings. The molecule has 0 amide bonds. The van der Waals surface area contributed by atoms with Crippen molar-refractivity contribution in [2.24, 2.45) is 39.9 Å². The highest BCUT2D eigenvalue weighted by Crippen LogP contribution is 2.77. The number of fused-ring (bicyclic) bond motifs is 5. The Balaban J connectivity index is 1.12. The first-order valence-electron chi connectivity index (χ1n) is 24.6. The summed E-state index contributed by atoms with van der Waals surface area (Å²) in [5, 5.41) is 22.2. The van der Waals surface area contributed by atoms with Crippen molar-refractivity contribution in [1.29, 1.82) is 0 Å². The zero-order chi connectivity index (χ0) is 43.8. The summed E-state index contributed by atoms with van der Waals surface area (Å²) in [6.45, 7) is 3.24. The van der Waals surface area contributed by atoms with Crippen molar-refractivity contribution in [3.05, 3.63) is 130 Å². The minimum Gasteiger partial charge on any atom is -0.508 e. The number of esters is 2. The lowest BCUT2D eigenvalue weighted by atomic mass is 9.37. The number of hydrogen-bond donors (Lipinski definition) is 4. The average Bonchev–Trinajstić information content (AvgIpc) is 4.02. The molecule has 8 nitrogen and oxygen atoms in total. The van der Waals surface area contributed by atoms with Gasteiger partial charge in [-0.3, -0.25) is 0 Å². The molecule has 3 aliphatic heterocycles. The minimum atomic E-state index is -0.866. The number of allylic oxidation sites excluding steroid dienone is 5. The third kappa shape index (κ3) is 6.47. The molecule has 2 saturated heterocycles. The van der Waals surface area contributed by atoms with Gasteiger partial charge in [0.1, 0.15) is 17.3 Å². The zero-order valence-electron chi connectivity index (χ0n) is 37.9. The van der Waals surface area contributed by atoms with Crippen LogP contribution in [0.25, 0.3) is 16.7 Å². The van der Waals surface area contributed by atoms with E-state index in [4.69, 9.17) is 9.47 Å². The van der Waals surface area contributed by atoms with Gasteiger partial charge in [0.25, 0.3) is 0 Å². The number of phenolic OH excluding ortho intramolecular Hbond substituents is 1. The first kappa shape index (κ1) is 41.9. The number of phenols is 1. The molecule has 334 valence electrons. The van der Waals surface area contributed by atoms with Crippen LogP contribution in [0.4, 0.5) is 0 Å². The number of piperidine rings is 1. The molecule has 3 heterocycles. The molecule has 64 heavy (non-hydrogen) atoms. The van der Waals surface area contributed by atoms with E-state index < -0.39 is 5.41 Å². The number of aromatic hydroxyl groups is 1. The predicted molar refractivity (Wildman–Crippen MR) is 250 cm³/mol.